The summed E-state index contributed by atoms with van der Waals surface area (Å²) in [6.45, 7) is 10.8. The minimum Gasteiger partial charge on any atom is -0.372 e. The summed E-state index contributed by atoms with van der Waals surface area (Å²) in [5.41, 5.74) is 8.01. The highest BCUT2D eigenvalue weighted by atomic mass is 32.1. The van der Waals surface area contributed by atoms with Crippen molar-refractivity contribution in [3.63, 3.8) is 0 Å². The maximum atomic E-state index is 13.1. The molecule has 0 atom stereocenters. The molecule has 2 aliphatic rings. The number of thiophene rings is 1. The summed E-state index contributed by atoms with van der Waals surface area (Å²) in [4.78, 5) is 26.9. The van der Waals surface area contributed by atoms with E-state index >= 15 is 0 Å². The summed E-state index contributed by atoms with van der Waals surface area (Å²) in [6, 6.07) is 18.2. The quantitative estimate of drug-likeness (QED) is 0.238. The zero-order valence-electron chi connectivity index (χ0n) is 23.9. The molecule has 0 spiro atoms. The Balaban J connectivity index is 1.14. The van der Waals surface area contributed by atoms with E-state index in [1.54, 1.807) is 17.5 Å². The number of carbonyl (C=O) groups excluding carboxylic acids is 1. The Kier molecular flexibility index (Phi) is 7.88. The van der Waals surface area contributed by atoms with E-state index < -0.39 is 0 Å². The highest BCUT2D eigenvalue weighted by Crippen LogP contribution is 2.32. The Hall–Kier alpha value is -3.97. The number of aryl methyl sites for hydroxylation is 2. The van der Waals surface area contributed by atoms with Crippen molar-refractivity contribution < 1.29 is 4.79 Å². The van der Waals surface area contributed by atoms with Gasteiger partial charge in [0.25, 0.3) is 5.91 Å². The fraction of sp³-hybridized carbons (Fsp3) is 0.324. The number of nitrogens with one attached hydrogen (secondary N) is 2. The Morgan fingerprint density at radius 3 is 2.61 bits per heavy atom. The van der Waals surface area contributed by atoms with Gasteiger partial charge in [-0.25, -0.2) is 9.97 Å². The molecule has 1 aliphatic carbocycles. The Morgan fingerprint density at radius 1 is 1.05 bits per heavy atom. The predicted molar refractivity (Wildman–Crippen MR) is 170 cm³/mol. The first kappa shape index (κ1) is 27.2. The van der Waals surface area contributed by atoms with Crippen LogP contribution in [0, 0.1) is 12.8 Å². The second kappa shape index (κ2) is 11.9. The number of amides is 1. The lowest BCUT2D eigenvalue weighted by molar-refractivity contribution is 0.103. The van der Waals surface area contributed by atoms with E-state index in [4.69, 9.17) is 4.98 Å². The molecule has 4 aromatic rings. The highest BCUT2D eigenvalue weighted by Gasteiger charge is 2.19. The first-order valence-electron chi connectivity index (χ1n) is 14.6. The fourth-order valence-corrected chi connectivity index (χ4v) is 6.89. The van der Waals surface area contributed by atoms with Crippen molar-refractivity contribution in [2.24, 2.45) is 5.92 Å². The van der Waals surface area contributed by atoms with Crippen LogP contribution < -0.4 is 10.6 Å². The van der Waals surface area contributed by atoms with Gasteiger partial charge < -0.3 is 15.5 Å². The van der Waals surface area contributed by atoms with Gasteiger partial charge in [0.1, 0.15) is 0 Å². The number of rotatable bonds is 7. The van der Waals surface area contributed by atoms with Crippen molar-refractivity contribution in [3.05, 3.63) is 93.8 Å². The highest BCUT2D eigenvalue weighted by molar-refractivity contribution is 7.14. The molecule has 1 amide bonds. The van der Waals surface area contributed by atoms with Gasteiger partial charge >= 0.3 is 0 Å². The smallest absolute Gasteiger partial charge is 0.265 e. The van der Waals surface area contributed by atoms with Crippen LogP contribution in [0.4, 0.5) is 17.3 Å². The summed E-state index contributed by atoms with van der Waals surface area (Å²) < 4.78 is 0. The molecule has 7 heteroatoms. The summed E-state index contributed by atoms with van der Waals surface area (Å²) >= 11 is 1.63. The minimum absolute atomic E-state index is 0.0457. The van der Waals surface area contributed by atoms with Gasteiger partial charge in [-0.2, -0.15) is 0 Å². The third-order valence-electron chi connectivity index (χ3n) is 8.37. The van der Waals surface area contributed by atoms with Crippen molar-refractivity contribution in [1.82, 2.24) is 14.9 Å². The molecule has 6 nitrogen and oxygen atoms in total. The van der Waals surface area contributed by atoms with E-state index in [0.29, 0.717) is 5.95 Å². The third kappa shape index (κ3) is 6.05. The summed E-state index contributed by atoms with van der Waals surface area (Å²) in [5, 5.41) is 6.49. The number of hydrogen-bond donors (Lipinski definition) is 2. The SMILES string of the molecule is C=C(c1ccc(Nc2nccc(-c3cccc(NC(=O)c4cc5c(s4)CCCC5)c3C)n2)cc1)N1CCC(C)CC1. The second-order valence-electron chi connectivity index (χ2n) is 11.3. The number of carbonyl (C=O) groups is 1. The summed E-state index contributed by atoms with van der Waals surface area (Å²) in [6.07, 6.45) is 8.79. The molecule has 1 saturated heterocycles. The zero-order chi connectivity index (χ0) is 28.3. The van der Waals surface area contributed by atoms with Gasteiger partial charge in [-0.1, -0.05) is 37.8 Å². The largest absolute Gasteiger partial charge is 0.372 e. The molecule has 3 heterocycles. The van der Waals surface area contributed by atoms with Gasteiger partial charge in [0.2, 0.25) is 5.95 Å². The van der Waals surface area contributed by atoms with E-state index in [1.807, 2.05) is 43.3 Å². The van der Waals surface area contributed by atoms with Gasteiger partial charge in [-0.3, -0.25) is 4.79 Å². The molecule has 210 valence electrons. The van der Waals surface area contributed by atoms with E-state index in [0.717, 1.165) is 76.2 Å². The van der Waals surface area contributed by atoms with Gasteiger partial charge in [-0.15, -0.1) is 11.3 Å². The lowest BCUT2D eigenvalue weighted by Gasteiger charge is -2.33. The topological polar surface area (TPSA) is 70.1 Å². The maximum absolute atomic E-state index is 13.1. The Morgan fingerprint density at radius 2 is 1.83 bits per heavy atom. The van der Waals surface area contributed by atoms with Crippen molar-refractivity contribution in [2.75, 3.05) is 23.7 Å². The minimum atomic E-state index is -0.0457. The van der Waals surface area contributed by atoms with Crippen LogP contribution in [-0.2, 0) is 12.8 Å². The van der Waals surface area contributed by atoms with Crippen LogP contribution >= 0.6 is 11.3 Å². The molecule has 2 N–H and O–H groups in total. The van der Waals surface area contributed by atoms with Crippen LogP contribution in [-0.4, -0.2) is 33.9 Å². The normalized spacial score (nSPS) is 15.3. The Bertz CT molecular complexity index is 1540. The van der Waals surface area contributed by atoms with E-state index in [-0.39, 0.29) is 5.91 Å². The monoisotopic (exact) mass is 563 g/mol. The number of nitrogens with zero attached hydrogens (tertiary/aromatic N) is 3. The molecule has 2 aromatic heterocycles. The van der Waals surface area contributed by atoms with Crippen molar-refractivity contribution in [2.45, 2.75) is 52.4 Å². The van der Waals surface area contributed by atoms with E-state index in [1.165, 1.54) is 36.1 Å². The van der Waals surface area contributed by atoms with Gasteiger partial charge in [0.05, 0.1) is 10.6 Å². The fourth-order valence-electron chi connectivity index (χ4n) is 5.74. The Labute approximate surface area is 246 Å². The van der Waals surface area contributed by atoms with Gasteiger partial charge in [0.15, 0.2) is 0 Å². The molecule has 41 heavy (non-hydrogen) atoms. The molecule has 0 unspecified atom stereocenters. The van der Waals surface area contributed by atoms with Crippen molar-refractivity contribution >= 4 is 40.3 Å². The molecule has 1 aliphatic heterocycles. The molecule has 0 radical (unpaired) electrons. The number of piperidine rings is 1. The lowest BCUT2D eigenvalue weighted by Crippen LogP contribution is -2.31. The molecule has 2 aromatic carbocycles. The van der Waals surface area contributed by atoms with Crippen LogP contribution in [0.3, 0.4) is 0 Å². The van der Waals surface area contributed by atoms with Crippen molar-refractivity contribution in [3.8, 4) is 11.3 Å². The first-order chi connectivity index (χ1) is 19.9. The van der Waals surface area contributed by atoms with Crippen LogP contribution in [0.2, 0.25) is 0 Å². The molecule has 1 fully saturated rings. The molecular formula is C34H37N5OS. The summed E-state index contributed by atoms with van der Waals surface area (Å²) in [7, 11) is 0. The average Bonchev–Trinajstić information content (AvgIpc) is 3.44. The molecular weight excluding hydrogens is 526 g/mol. The van der Waals surface area contributed by atoms with Crippen LogP contribution in [0.15, 0.2) is 67.4 Å². The number of benzene rings is 2. The predicted octanol–water partition coefficient (Wildman–Crippen LogP) is 8.09. The summed E-state index contributed by atoms with van der Waals surface area (Å²) in [5.74, 6) is 1.27. The number of anilines is 3. The number of hydrogen-bond acceptors (Lipinski definition) is 6. The molecule has 6 rings (SSSR count). The van der Waals surface area contributed by atoms with Gasteiger partial charge in [0, 0.05) is 46.8 Å². The molecule has 0 saturated carbocycles. The first-order valence-corrected chi connectivity index (χ1v) is 15.4. The van der Waals surface area contributed by atoms with E-state index in [2.05, 4.69) is 52.2 Å². The van der Waals surface area contributed by atoms with Crippen molar-refractivity contribution in [1.29, 1.82) is 0 Å². The number of likely N-dealkylation sites (tertiary alicyclic amines) is 1. The van der Waals surface area contributed by atoms with Crippen LogP contribution in [0.5, 0.6) is 0 Å². The third-order valence-corrected chi connectivity index (χ3v) is 9.61. The van der Waals surface area contributed by atoms with E-state index in [9.17, 15) is 4.79 Å². The number of aromatic nitrogens is 2. The zero-order valence-corrected chi connectivity index (χ0v) is 24.7. The second-order valence-corrected chi connectivity index (χ2v) is 12.4. The number of fused-ring (bicyclic) bond motifs is 1. The van der Waals surface area contributed by atoms with Crippen LogP contribution in [0.1, 0.15) is 63.8 Å². The standard InChI is InChI=1S/C34H37N5OS/c1-22-16-19-39(20-17-22)24(3)25-11-13-27(14-12-25)36-34-35-18-15-30(38-34)28-8-6-9-29(23(28)2)37-33(40)32-21-26-7-4-5-10-31(26)41-32/h6,8-9,11-15,18,21-22H,3-5,7,10,16-17,19-20H2,1-2H3,(H,37,40)(H,35,36,38). The van der Waals surface area contributed by atoms with Crippen LogP contribution in [0.25, 0.3) is 17.0 Å². The van der Waals surface area contributed by atoms with Gasteiger partial charge in [-0.05, 0) is 98.4 Å². The molecule has 0 bridgehead atoms. The lowest BCUT2D eigenvalue weighted by atomic mass is 9.98. The maximum Gasteiger partial charge on any atom is 0.265 e. The average molecular weight is 564 g/mol.